The number of aliphatic hydroxyl groups excluding tert-OH is 1. The van der Waals surface area contributed by atoms with Crippen LogP contribution in [0.4, 0.5) is 21.8 Å². The first-order chi connectivity index (χ1) is 40.3. The van der Waals surface area contributed by atoms with Crippen molar-refractivity contribution in [2.24, 2.45) is 28.6 Å². The predicted molar refractivity (Wildman–Crippen MR) is 315 cm³/mol. The van der Waals surface area contributed by atoms with Gasteiger partial charge in [-0.1, -0.05) is 38.3 Å². The second-order valence-corrected chi connectivity index (χ2v) is 25.7. The lowest BCUT2D eigenvalue weighted by Gasteiger charge is -2.62. The van der Waals surface area contributed by atoms with Gasteiger partial charge >= 0.3 is 11.9 Å². The number of nitrogens with two attached hydrogens (primary N) is 2. The van der Waals surface area contributed by atoms with Crippen LogP contribution < -0.4 is 37.6 Å². The van der Waals surface area contributed by atoms with Gasteiger partial charge in [0.2, 0.25) is 17.8 Å². The largest absolute Gasteiger partial charge is 0.480 e. The number of β-lactam (4-membered cyclic amide) rings is 1. The highest BCUT2D eigenvalue weighted by Crippen LogP contribution is 2.70. The number of ketones is 1. The smallest absolute Gasteiger partial charge is 0.352 e. The second kappa shape index (κ2) is 25.0. The summed E-state index contributed by atoms with van der Waals surface area (Å²) in [6.45, 7) is 6.08. The van der Waals surface area contributed by atoms with E-state index in [1.807, 2.05) is 4.90 Å². The number of unbranched alkanes of at least 4 members (excludes halogenated alkanes) is 3. The van der Waals surface area contributed by atoms with Gasteiger partial charge in [-0.15, -0.1) is 11.8 Å². The number of rotatable bonds is 24. The molecule has 0 radical (unpaired) electrons. The molecule has 4 fully saturated rings. The van der Waals surface area contributed by atoms with Crippen LogP contribution in [0.5, 0.6) is 0 Å². The number of amides is 5. The number of nitrogen functional groups attached to an aromatic ring is 2. The van der Waals surface area contributed by atoms with Crippen LogP contribution in [0.15, 0.2) is 65.5 Å². The number of carboxylic acids is 2. The number of carboxylic acid groups (broad SMARTS) is 2. The Morgan fingerprint density at radius 2 is 1.71 bits per heavy atom. The molecule has 2 aromatic heterocycles. The van der Waals surface area contributed by atoms with Gasteiger partial charge in [0.25, 0.3) is 17.7 Å². The highest BCUT2D eigenvalue weighted by atomic mass is 32.2. The summed E-state index contributed by atoms with van der Waals surface area (Å²) in [4.78, 5) is 123. The molecule has 0 bridgehead atoms. The highest BCUT2D eigenvalue weighted by Gasteiger charge is 2.76. The first-order valence-corrected chi connectivity index (χ1v) is 30.8. The first kappa shape index (κ1) is 62.3. The number of aliphatic hydroxyl groups is 2. The Balaban J connectivity index is 0.649. The van der Waals surface area contributed by atoms with E-state index in [-0.39, 0.29) is 90.8 Å². The molecule has 12 N–H and O–H groups in total. The number of hydrogen-bond acceptors (Lipinski definition) is 19. The normalized spacial score (nSPS) is 28.6. The molecule has 1 aromatic carbocycles. The molecule has 1 saturated heterocycles. The molecule has 6 aliphatic rings. The standard InChI is InChI=1S/C58H73FN12O12S2/c1-30-23-38-37-15-12-33-24-36(72)18-19-55(33,2)57(37,59)40(73)25-56(38,3)58(30,83)53(82)63-20-8-6-5-7-9-42(75)67-44-49(77)71-45(52(80)81)32(29-85-50(44)71)28-84-22-21-62-41(74)17-16-39(51(78)79)66-48(76)31-10-13-35(14-11-31)70(4)27-34-26-64-47-43(65-34)46(60)68-54(61)69-47/h10-11,13-14,18-19,24,26,30,37-40,44,50,73,83H,5-9,12,15-17,20-23,25,27-29H2,1-4H3,(H,62,74)(H,63,82)(H,66,76)(H,67,75)(H,78,79)(H,80,81)(H4,60,61,64,68,69)/t30-,37?,38?,39?,40?,44?,50?,55+,56+,57?,58+/m1/s1. The van der Waals surface area contributed by atoms with Gasteiger partial charge in [-0.25, -0.2) is 23.9 Å². The van der Waals surface area contributed by atoms with E-state index in [9.17, 15) is 58.8 Å². The third-order valence-electron chi connectivity index (χ3n) is 18.3. The van der Waals surface area contributed by atoms with Crippen LogP contribution in [0, 0.1) is 28.6 Å². The number of alkyl halides is 1. The Labute approximate surface area is 498 Å². The van der Waals surface area contributed by atoms with E-state index in [1.54, 1.807) is 58.2 Å². The monoisotopic (exact) mass is 1210 g/mol. The van der Waals surface area contributed by atoms with Crippen molar-refractivity contribution in [2.75, 3.05) is 53.8 Å². The summed E-state index contributed by atoms with van der Waals surface area (Å²) < 4.78 is 17.5. The van der Waals surface area contributed by atoms with Crippen LogP contribution in [-0.4, -0.2) is 165 Å². The van der Waals surface area contributed by atoms with Gasteiger partial charge in [0.15, 0.2) is 34.0 Å². The number of thioether (sulfide) groups is 2. The second-order valence-electron chi connectivity index (χ2n) is 23.5. The van der Waals surface area contributed by atoms with Gasteiger partial charge in [0.1, 0.15) is 23.2 Å². The lowest BCUT2D eigenvalue weighted by molar-refractivity contribution is -0.219. The molecule has 4 aliphatic carbocycles. The maximum atomic E-state index is 17.5. The van der Waals surface area contributed by atoms with Crippen molar-refractivity contribution >= 4 is 99.4 Å². The molecular formula is C58H73FN12O12S2. The molecule has 3 aromatic rings. The number of anilines is 3. The molecule has 2 aliphatic heterocycles. The molecule has 4 heterocycles. The van der Waals surface area contributed by atoms with Gasteiger partial charge < -0.3 is 58.1 Å². The maximum Gasteiger partial charge on any atom is 0.352 e. The number of aliphatic carboxylic acids is 2. The van der Waals surface area contributed by atoms with E-state index in [1.165, 1.54) is 46.8 Å². The van der Waals surface area contributed by atoms with Crippen LogP contribution in [0.1, 0.15) is 107 Å². The number of benzene rings is 1. The van der Waals surface area contributed by atoms with E-state index >= 15 is 4.39 Å². The topological polar surface area (TPSA) is 376 Å². The highest BCUT2D eigenvalue weighted by molar-refractivity contribution is 8.01. The van der Waals surface area contributed by atoms with Crippen molar-refractivity contribution in [3.63, 3.8) is 0 Å². The van der Waals surface area contributed by atoms with E-state index in [0.717, 1.165) is 5.69 Å². The SMILES string of the molecule is C[C@@H]1CC2C3CCC4=CC(=O)C=C[C@]4(C)C3(F)C(O)C[C@]2(C)[C@@]1(O)C(=O)NCCCCCCC(=O)NC1C(=O)N2C(C(=O)O)=C(CSCCNC(=O)CCC(NC(=O)c3ccc(N(C)Cc4cnc5nc(N)nc(N)c5n4)cc3)C(=O)O)CSC12. The zero-order valence-electron chi connectivity index (χ0n) is 47.8. The summed E-state index contributed by atoms with van der Waals surface area (Å²) in [6, 6.07) is 4.20. The fourth-order valence-corrected chi connectivity index (χ4v) is 16.1. The van der Waals surface area contributed by atoms with Gasteiger partial charge in [0.05, 0.1) is 24.5 Å². The fraction of sp³-hybridized carbons (Fsp3) is 0.552. The number of nitrogens with zero attached hydrogens (tertiary/aromatic N) is 6. The molecule has 7 unspecified atom stereocenters. The molecular weight excluding hydrogens is 1140 g/mol. The van der Waals surface area contributed by atoms with Crippen LogP contribution in [0.3, 0.4) is 0 Å². The molecule has 27 heteroatoms. The molecule has 456 valence electrons. The summed E-state index contributed by atoms with van der Waals surface area (Å²) in [5.41, 5.74) is 8.49. The van der Waals surface area contributed by atoms with Crippen molar-refractivity contribution in [3.8, 4) is 0 Å². The van der Waals surface area contributed by atoms with E-state index in [0.29, 0.717) is 85.4 Å². The van der Waals surface area contributed by atoms with E-state index in [2.05, 4.69) is 41.2 Å². The lowest BCUT2D eigenvalue weighted by Crippen LogP contribution is -2.70. The number of carbonyl (C=O) groups excluding carboxylic acids is 6. The van der Waals surface area contributed by atoms with Crippen molar-refractivity contribution < 1.29 is 63.2 Å². The third kappa shape index (κ3) is 11.9. The molecule has 24 nitrogen and oxygen atoms in total. The molecule has 85 heavy (non-hydrogen) atoms. The average Bonchev–Trinajstić information content (AvgIpc) is 1.64. The number of nitrogens with one attached hydrogen (secondary N) is 4. The Morgan fingerprint density at radius 1 is 0.965 bits per heavy atom. The van der Waals surface area contributed by atoms with Crippen molar-refractivity contribution in [2.45, 2.75) is 133 Å². The minimum atomic E-state index is -2.07. The average molecular weight is 1210 g/mol. The molecule has 5 amide bonds. The quantitative estimate of drug-likeness (QED) is 0.0455. The third-order valence-corrected chi connectivity index (χ3v) is 20.7. The Kier molecular flexibility index (Phi) is 18.3. The Morgan fingerprint density at radius 3 is 2.44 bits per heavy atom. The minimum absolute atomic E-state index is 0.0147. The number of aromatic nitrogens is 4. The lowest BCUT2D eigenvalue weighted by atomic mass is 9.44. The summed E-state index contributed by atoms with van der Waals surface area (Å²) >= 11 is 2.68. The Hall–Kier alpha value is -7.23. The van der Waals surface area contributed by atoms with E-state index in [4.69, 9.17) is 11.5 Å². The zero-order chi connectivity index (χ0) is 61.3. The van der Waals surface area contributed by atoms with Gasteiger partial charge in [-0.3, -0.25) is 33.7 Å². The number of allylic oxidation sites excluding steroid dienone is 4. The molecule has 9 rings (SSSR count). The van der Waals surface area contributed by atoms with Crippen LogP contribution in [-0.2, 0) is 40.1 Å². The number of halogens is 1. The van der Waals surface area contributed by atoms with Gasteiger partial charge in [-0.2, -0.15) is 21.7 Å². The maximum absolute atomic E-state index is 17.5. The summed E-state index contributed by atoms with van der Waals surface area (Å²) in [5.74, 6) is -5.84. The van der Waals surface area contributed by atoms with Crippen molar-refractivity contribution in [1.82, 2.24) is 46.1 Å². The number of carbonyl (C=O) groups is 8. The van der Waals surface area contributed by atoms with Crippen LogP contribution >= 0.6 is 23.5 Å². The van der Waals surface area contributed by atoms with Crippen molar-refractivity contribution in [3.05, 3.63) is 76.8 Å². The molecule has 3 saturated carbocycles. The summed E-state index contributed by atoms with van der Waals surface area (Å²) in [7, 11) is 1.80. The van der Waals surface area contributed by atoms with Gasteiger partial charge in [0, 0.05) is 78.2 Å². The zero-order valence-corrected chi connectivity index (χ0v) is 49.4. The van der Waals surface area contributed by atoms with Crippen LogP contribution in [0.25, 0.3) is 11.2 Å². The predicted octanol–water partition coefficient (Wildman–Crippen LogP) is 3.19. The van der Waals surface area contributed by atoms with Crippen molar-refractivity contribution in [1.29, 1.82) is 0 Å². The molecule has 0 spiro atoms. The van der Waals surface area contributed by atoms with Gasteiger partial charge in [-0.05, 0) is 106 Å². The summed E-state index contributed by atoms with van der Waals surface area (Å²) in [5, 5.41) is 54.2. The van der Waals surface area contributed by atoms with Crippen LogP contribution in [0.2, 0.25) is 0 Å². The Bertz CT molecular complexity index is 3280. The molecule has 11 atom stereocenters. The van der Waals surface area contributed by atoms with E-state index < -0.39 is 93.1 Å². The fourth-order valence-electron chi connectivity index (χ4n) is 13.8. The number of hydrogen-bond donors (Lipinski definition) is 10. The minimum Gasteiger partial charge on any atom is -0.480 e. The first-order valence-electron chi connectivity index (χ1n) is 28.6. The number of fused-ring (bicyclic) bond motifs is 7. The summed E-state index contributed by atoms with van der Waals surface area (Å²) in [6.07, 6.45) is 7.71.